The summed E-state index contributed by atoms with van der Waals surface area (Å²) in [6.07, 6.45) is 9.42. The van der Waals surface area contributed by atoms with Crippen molar-refractivity contribution in [1.29, 1.82) is 0 Å². The minimum absolute atomic E-state index is 0. The second-order valence-corrected chi connectivity index (χ2v) is 16.8. The molecule has 4 rings (SSSR count). The number of hydrogen-bond donors (Lipinski definition) is 0. The first kappa shape index (κ1) is 38.9. The molecule has 3 aromatic rings. The van der Waals surface area contributed by atoms with Crippen molar-refractivity contribution in [2.75, 3.05) is 0 Å². The van der Waals surface area contributed by atoms with Crippen molar-refractivity contribution in [2.45, 2.75) is 86.5 Å². The number of allylic oxidation sites excluding steroid dienone is 4. The smallest absolute Gasteiger partial charge is 1.00 e. The Morgan fingerprint density at radius 2 is 0.900 bits per heavy atom. The Morgan fingerprint density at radius 3 is 1.20 bits per heavy atom. The summed E-state index contributed by atoms with van der Waals surface area (Å²) in [7, 11) is -2.62. The van der Waals surface area contributed by atoms with Crippen LogP contribution in [0.2, 0.25) is 0 Å². The molecule has 0 fully saturated rings. The number of hydrogen-bond acceptors (Lipinski definition) is 0. The number of benzene rings is 3. The maximum absolute atomic E-state index is 3.85. The van der Waals surface area contributed by atoms with E-state index in [9.17, 15) is 0 Å². The normalized spacial score (nSPS) is 12.9. The molecule has 0 N–H and O–H groups in total. The number of aryl methyl sites for hydroxylation is 4. The van der Waals surface area contributed by atoms with Gasteiger partial charge in [0.15, 0.2) is 0 Å². The zero-order valence-corrected chi connectivity index (χ0v) is 30.5. The largest absolute Gasteiger partial charge is 4.00 e. The maximum atomic E-state index is 3.85. The van der Waals surface area contributed by atoms with Crippen molar-refractivity contribution in [3.05, 3.63) is 111 Å². The molecule has 0 nitrogen and oxygen atoms in total. The van der Waals surface area contributed by atoms with E-state index in [0.29, 0.717) is 0 Å². The van der Waals surface area contributed by atoms with Gasteiger partial charge in [-0.25, -0.2) is 11.3 Å². The van der Waals surface area contributed by atoms with Crippen LogP contribution in [0.3, 0.4) is 0 Å². The summed E-state index contributed by atoms with van der Waals surface area (Å²) in [6, 6.07) is 22.0. The third-order valence-electron chi connectivity index (χ3n) is 7.51. The predicted molar refractivity (Wildman–Crippen MR) is 161 cm³/mol. The van der Waals surface area contributed by atoms with E-state index in [0.717, 1.165) is 6.42 Å². The molecule has 0 saturated carbocycles. The van der Waals surface area contributed by atoms with Gasteiger partial charge < -0.3 is 37.2 Å². The van der Waals surface area contributed by atoms with Crippen LogP contribution in [0.5, 0.6) is 0 Å². The van der Waals surface area contributed by atoms with Crippen LogP contribution in [0.4, 0.5) is 0 Å². The molecular formula is C35H43Cl3SiTi. The van der Waals surface area contributed by atoms with Crippen molar-refractivity contribution < 1.29 is 58.9 Å². The zero-order valence-electron chi connectivity index (χ0n) is 25.7. The molecule has 0 aromatic heterocycles. The average molecular weight is 646 g/mol. The Balaban J connectivity index is 0.00000380. The standard InChI is InChI=1S/C35H43Si.3ClH.Ti/c1-24-15-25(2)18-31(17-24)36(30-13-11-12-14-30,32-19-26(3)16-27(4)20-32)33-22-28(34(5,6)7)21-29(23-33)35(8,9)10;;;;/h11,13,15-23H,12H2,1-10H3;3*1H;/q-1;;;;+4/p-3. The molecule has 0 bridgehead atoms. The summed E-state index contributed by atoms with van der Waals surface area (Å²) in [5.74, 6) is 0. The molecular weight excluding hydrogens is 603 g/mol. The first-order chi connectivity index (χ1) is 16.7. The first-order valence-corrected chi connectivity index (χ1v) is 15.3. The van der Waals surface area contributed by atoms with E-state index in [2.05, 4.69) is 142 Å². The molecule has 0 amide bonds. The van der Waals surface area contributed by atoms with Crippen molar-refractivity contribution in [3.8, 4) is 0 Å². The number of halogens is 3. The van der Waals surface area contributed by atoms with Gasteiger partial charge in [-0.2, -0.15) is 6.08 Å². The van der Waals surface area contributed by atoms with Gasteiger partial charge in [0.25, 0.3) is 0 Å². The van der Waals surface area contributed by atoms with Crippen LogP contribution in [0.25, 0.3) is 0 Å². The third-order valence-corrected chi connectivity index (χ3v) is 12.1. The monoisotopic (exact) mass is 644 g/mol. The molecule has 0 radical (unpaired) electrons. The molecule has 5 heteroatoms. The summed E-state index contributed by atoms with van der Waals surface area (Å²) >= 11 is 0. The van der Waals surface area contributed by atoms with E-state index in [-0.39, 0.29) is 69.8 Å². The summed E-state index contributed by atoms with van der Waals surface area (Å²) in [5.41, 5.74) is 8.27. The van der Waals surface area contributed by atoms with Crippen LogP contribution in [0.15, 0.2) is 71.9 Å². The van der Waals surface area contributed by atoms with Crippen molar-refractivity contribution in [3.63, 3.8) is 0 Å². The molecule has 0 unspecified atom stereocenters. The first-order valence-electron chi connectivity index (χ1n) is 13.3. The quantitative estimate of drug-likeness (QED) is 0.179. The Hall–Kier alpha value is -1.06. The van der Waals surface area contributed by atoms with Gasteiger partial charge in [-0.1, -0.05) is 118 Å². The zero-order chi connectivity index (χ0) is 26.5. The Kier molecular flexibility index (Phi) is 14.0. The number of rotatable bonds is 4. The van der Waals surface area contributed by atoms with Crippen LogP contribution < -0.4 is 52.8 Å². The molecule has 212 valence electrons. The molecule has 3 aromatic carbocycles. The van der Waals surface area contributed by atoms with Gasteiger partial charge in [0.05, 0.1) is 0 Å². The van der Waals surface area contributed by atoms with Gasteiger partial charge >= 0.3 is 21.7 Å². The molecule has 0 aliphatic heterocycles. The van der Waals surface area contributed by atoms with Gasteiger partial charge in [0.1, 0.15) is 8.07 Å². The minimum Gasteiger partial charge on any atom is -1.00 e. The summed E-state index contributed by atoms with van der Waals surface area (Å²) in [6.45, 7) is 23.0. The van der Waals surface area contributed by atoms with E-state index in [1.165, 1.54) is 54.1 Å². The van der Waals surface area contributed by atoms with Crippen molar-refractivity contribution in [1.82, 2.24) is 0 Å². The van der Waals surface area contributed by atoms with Gasteiger partial charge in [-0.3, -0.25) is 6.08 Å². The Bertz CT molecular complexity index is 1250. The van der Waals surface area contributed by atoms with Crippen molar-refractivity contribution in [2.24, 2.45) is 0 Å². The molecule has 0 saturated heterocycles. The topological polar surface area (TPSA) is 0 Å². The van der Waals surface area contributed by atoms with E-state index >= 15 is 0 Å². The van der Waals surface area contributed by atoms with Crippen LogP contribution in [-0.4, -0.2) is 8.07 Å². The minimum atomic E-state index is -2.62. The van der Waals surface area contributed by atoms with Crippen LogP contribution >= 0.6 is 0 Å². The fourth-order valence-electron chi connectivity index (χ4n) is 5.72. The van der Waals surface area contributed by atoms with Crippen LogP contribution in [0, 0.1) is 33.8 Å². The molecule has 0 atom stereocenters. The Morgan fingerprint density at radius 1 is 0.550 bits per heavy atom. The summed E-state index contributed by atoms with van der Waals surface area (Å²) in [4.78, 5) is 0. The SMILES string of the molecule is Cc1cc(C)cc([Si](C2=[C-]CC=C2)(c2cc(C)cc(C)c2)c2cc(C(C)(C)C)cc(C(C)(C)C)c2)c1.[Cl-].[Cl-].[Cl-].[Ti+4]. The fourth-order valence-corrected chi connectivity index (χ4v) is 10.9. The van der Waals surface area contributed by atoms with E-state index < -0.39 is 8.07 Å². The van der Waals surface area contributed by atoms with Gasteiger partial charge in [0, 0.05) is 0 Å². The van der Waals surface area contributed by atoms with E-state index in [4.69, 9.17) is 0 Å². The summed E-state index contributed by atoms with van der Waals surface area (Å²) in [5, 5.41) is 5.79. The van der Waals surface area contributed by atoms with Gasteiger partial charge in [0.2, 0.25) is 0 Å². The molecule has 1 aliphatic rings. The van der Waals surface area contributed by atoms with E-state index in [1.54, 1.807) is 0 Å². The predicted octanol–water partition coefficient (Wildman–Crippen LogP) is -1.78. The average Bonchev–Trinajstić information content (AvgIpc) is 3.26. The van der Waals surface area contributed by atoms with Crippen LogP contribution in [0.1, 0.15) is 81.3 Å². The molecule has 0 heterocycles. The van der Waals surface area contributed by atoms with Gasteiger partial charge in [-0.15, -0.1) is 6.42 Å². The van der Waals surface area contributed by atoms with E-state index in [1.807, 2.05) is 0 Å². The summed E-state index contributed by atoms with van der Waals surface area (Å²) < 4.78 is 0. The second-order valence-electron chi connectivity index (χ2n) is 13.0. The second kappa shape index (κ2) is 14.4. The molecule has 40 heavy (non-hydrogen) atoms. The Labute approximate surface area is 278 Å². The van der Waals surface area contributed by atoms with Crippen LogP contribution in [-0.2, 0) is 32.5 Å². The molecule has 1 aliphatic carbocycles. The maximum Gasteiger partial charge on any atom is 4.00 e. The van der Waals surface area contributed by atoms with Gasteiger partial charge in [-0.05, 0) is 65.2 Å². The van der Waals surface area contributed by atoms with Crippen molar-refractivity contribution >= 4 is 23.6 Å². The molecule has 0 spiro atoms. The fraction of sp³-hybridized carbons (Fsp3) is 0.371. The third kappa shape index (κ3) is 7.86.